The Morgan fingerprint density at radius 3 is 2.25 bits per heavy atom. The number of hydrogen-bond donors (Lipinski definition) is 3. The van der Waals surface area contributed by atoms with Crippen LogP contribution in [0.3, 0.4) is 0 Å². The van der Waals surface area contributed by atoms with Gasteiger partial charge >= 0.3 is 6.09 Å². The van der Waals surface area contributed by atoms with Crippen molar-refractivity contribution in [2.24, 2.45) is 0 Å². The number of nitrogens with zero attached hydrogens (tertiary/aromatic N) is 1. The van der Waals surface area contributed by atoms with E-state index in [1.807, 2.05) is 0 Å². The number of benzene rings is 1. The molecule has 1 aromatic rings. The predicted molar refractivity (Wildman–Crippen MR) is 47.0 cm³/mol. The molecule has 0 fully saturated rings. The van der Waals surface area contributed by atoms with Gasteiger partial charge < -0.3 is 5.11 Å². The van der Waals surface area contributed by atoms with Gasteiger partial charge in [0, 0.05) is 16.2 Å². The van der Waals surface area contributed by atoms with Crippen LogP contribution in [0.2, 0.25) is 0 Å². The monoisotopic (exact) mass is 186 g/mol. The molecule has 2 N–H and O–H groups in total. The third-order valence-electron chi connectivity index (χ3n) is 1.38. The molecule has 1 unspecified atom stereocenters. The summed E-state index contributed by atoms with van der Waals surface area (Å²) in [5, 5.41) is 17.8. The van der Waals surface area contributed by atoms with Crippen LogP contribution in [0.15, 0.2) is 30.3 Å². The minimum atomic E-state index is -1.44. The van der Waals surface area contributed by atoms with Crippen LogP contribution in [0.4, 0.5) is 10.5 Å². The number of carboxylic acid groups (broad SMARTS) is 1. The molecule has 1 atom stereocenters. The van der Waals surface area contributed by atoms with Crippen LogP contribution < -0.4 is 4.05 Å². The molecule has 0 radical (unpaired) electrons. The van der Waals surface area contributed by atoms with Gasteiger partial charge in [-0.25, -0.2) is 0 Å². The van der Waals surface area contributed by atoms with Crippen molar-refractivity contribution in [1.82, 2.24) is 4.05 Å². The standard InChI is InChI=1S/C7H7NO3S/c9-7(10)8(11,12)6-4-2-1-3-5-6/h1-5,11-12H/p+1. The van der Waals surface area contributed by atoms with E-state index in [4.69, 9.17) is 5.11 Å². The Kier molecular flexibility index (Phi) is 2.37. The molecule has 4 nitrogen and oxygen atoms in total. The van der Waals surface area contributed by atoms with Crippen molar-refractivity contribution in [3.05, 3.63) is 30.3 Å². The lowest BCUT2D eigenvalue weighted by Gasteiger charge is -2.14. The van der Waals surface area contributed by atoms with E-state index in [9.17, 15) is 10.0 Å². The smallest absolute Gasteiger partial charge is 0.432 e. The summed E-state index contributed by atoms with van der Waals surface area (Å²) in [7, 11) is 0. The fourth-order valence-corrected chi connectivity index (χ4v) is 0.880. The molecule has 0 saturated carbocycles. The van der Waals surface area contributed by atoms with Crippen LogP contribution in [0.25, 0.3) is 0 Å². The number of carbonyl (C=O) groups is 1. The maximum absolute atomic E-state index is 10.5. The molecular weight excluding hydrogens is 178 g/mol. The van der Waals surface area contributed by atoms with Gasteiger partial charge in [-0.05, 0) is 0 Å². The van der Waals surface area contributed by atoms with Crippen molar-refractivity contribution in [3.63, 3.8) is 0 Å². The van der Waals surface area contributed by atoms with Gasteiger partial charge in [0.2, 0.25) is 0 Å². The summed E-state index contributed by atoms with van der Waals surface area (Å²) in [6, 6.07) is 7.91. The number of hydroxylamine groups is 1. The highest BCUT2D eigenvalue weighted by Crippen LogP contribution is 2.22. The lowest BCUT2D eigenvalue weighted by molar-refractivity contribution is 0.0316. The van der Waals surface area contributed by atoms with Crippen LogP contribution >= 0.6 is 12.8 Å². The average Bonchev–Trinajstić information content (AvgIpc) is 2.06. The van der Waals surface area contributed by atoms with Crippen molar-refractivity contribution < 1.29 is 15.1 Å². The maximum atomic E-state index is 10.5. The Morgan fingerprint density at radius 2 is 1.83 bits per heavy atom. The van der Waals surface area contributed by atoms with Gasteiger partial charge in [-0.1, -0.05) is 18.2 Å². The van der Waals surface area contributed by atoms with E-state index in [2.05, 4.69) is 12.8 Å². The van der Waals surface area contributed by atoms with Crippen LogP contribution in [-0.4, -0.2) is 16.4 Å². The summed E-state index contributed by atoms with van der Waals surface area (Å²) in [6.45, 7) is 0. The Hall–Kier alpha value is -1.04. The van der Waals surface area contributed by atoms with E-state index in [0.29, 0.717) is 0 Å². The van der Waals surface area contributed by atoms with E-state index < -0.39 is 10.1 Å². The summed E-state index contributed by atoms with van der Waals surface area (Å²) in [4.78, 5) is 10.5. The molecule has 0 aliphatic heterocycles. The lowest BCUT2D eigenvalue weighted by Crippen LogP contribution is -2.40. The van der Waals surface area contributed by atoms with Gasteiger partial charge in [0.05, 0.1) is 0 Å². The highest BCUT2D eigenvalue weighted by Gasteiger charge is 2.35. The normalized spacial score (nSPS) is 15.2. The van der Waals surface area contributed by atoms with Gasteiger partial charge in [-0.2, -0.15) is 10.0 Å². The summed E-state index contributed by atoms with van der Waals surface area (Å²) in [5.74, 6) is 0. The van der Waals surface area contributed by atoms with Gasteiger partial charge in [0.15, 0.2) is 5.69 Å². The molecule has 12 heavy (non-hydrogen) atoms. The first-order valence-electron chi connectivity index (χ1n) is 3.19. The number of para-hydroxylation sites is 1. The van der Waals surface area contributed by atoms with Crippen molar-refractivity contribution in [2.45, 2.75) is 0 Å². The fourth-order valence-electron chi connectivity index (χ4n) is 0.746. The van der Waals surface area contributed by atoms with E-state index in [-0.39, 0.29) is 5.69 Å². The highest BCUT2D eigenvalue weighted by molar-refractivity contribution is 7.80. The molecule has 0 bridgehead atoms. The van der Waals surface area contributed by atoms with Crippen molar-refractivity contribution in [2.75, 3.05) is 0 Å². The quantitative estimate of drug-likeness (QED) is 0.272. The second-order valence-corrected chi connectivity index (χ2v) is 2.80. The molecule has 0 spiro atoms. The molecule has 1 amide bonds. The second-order valence-electron chi connectivity index (χ2n) is 2.22. The number of quaternary nitrogens is 1. The first-order valence-corrected chi connectivity index (χ1v) is 3.59. The zero-order valence-corrected chi connectivity index (χ0v) is 6.98. The van der Waals surface area contributed by atoms with Gasteiger partial charge in [0.1, 0.15) is 12.8 Å². The first-order chi connectivity index (χ1) is 5.55. The van der Waals surface area contributed by atoms with E-state index in [0.717, 1.165) is 0 Å². The number of thiol groups is 1. The number of amides is 1. The molecule has 1 aromatic carbocycles. The Balaban J connectivity index is 3.06. The molecule has 0 aliphatic carbocycles. The lowest BCUT2D eigenvalue weighted by atomic mass is 10.3. The predicted octanol–water partition coefficient (Wildman–Crippen LogP) is 1.91. The van der Waals surface area contributed by atoms with Crippen LogP contribution in [0.1, 0.15) is 0 Å². The maximum Gasteiger partial charge on any atom is 0.564 e. The summed E-state index contributed by atoms with van der Waals surface area (Å²) in [6.07, 6.45) is -1.44. The average molecular weight is 186 g/mol. The topological polar surface area (TPSA) is 57.5 Å². The third kappa shape index (κ3) is 1.58. The largest absolute Gasteiger partial charge is 0.564 e. The Bertz CT molecular complexity index is 286. The molecule has 0 aliphatic rings. The second kappa shape index (κ2) is 3.14. The minimum Gasteiger partial charge on any atom is -0.432 e. The third-order valence-corrected chi connectivity index (χ3v) is 1.79. The molecule has 0 saturated heterocycles. The van der Waals surface area contributed by atoms with Crippen LogP contribution in [0, 0.1) is 0 Å². The molecule has 5 heteroatoms. The van der Waals surface area contributed by atoms with Crippen molar-refractivity contribution in [1.29, 1.82) is 0 Å². The molecule has 64 valence electrons. The zero-order chi connectivity index (χ0) is 9.19. The van der Waals surface area contributed by atoms with Gasteiger partial charge in [0.25, 0.3) is 0 Å². The minimum absolute atomic E-state index is 0.188. The zero-order valence-electron chi connectivity index (χ0n) is 6.08. The van der Waals surface area contributed by atoms with E-state index >= 15 is 0 Å². The summed E-state index contributed by atoms with van der Waals surface area (Å²) >= 11 is 3.56. The molecule has 0 aromatic heterocycles. The fraction of sp³-hybridized carbons (Fsp3) is 0. The highest BCUT2D eigenvalue weighted by atomic mass is 32.1. The van der Waals surface area contributed by atoms with Crippen molar-refractivity contribution >= 4 is 24.6 Å². The molecule has 0 heterocycles. The summed E-state index contributed by atoms with van der Waals surface area (Å²) < 4.78 is -1.44. The number of hydrogen-bond acceptors (Lipinski definition) is 3. The van der Waals surface area contributed by atoms with Crippen molar-refractivity contribution in [3.8, 4) is 0 Å². The molecular formula is C7H8NO3S+. The van der Waals surface area contributed by atoms with Crippen LogP contribution in [-0.2, 0) is 0 Å². The van der Waals surface area contributed by atoms with Crippen LogP contribution in [0.5, 0.6) is 0 Å². The molecule has 1 rings (SSSR count). The number of rotatable bonds is 1. The SMILES string of the molecule is O=C(O)[N+](O)(S)c1ccccc1. The van der Waals surface area contributed by atoms with E-state index in [1.54, 1.807) is 18.2 Å². The van der Waals surface area contributed by atoms with Gasteiger partial charge in [-0.15, -0.1) is 0 Å². The van der Waals surface area contributed by atoms with Gasteiger partial charge in [-0.3, -0.25) is 0 Å². The first kappa shape index (κ1) is 9.05. The van der Waals surface area contributed by atoms with E-state index in [1.165, 1.54) is 12.1 Å². The summed E-state index contributed by atoms with van der Waals surface area (Å²) in [5.41, 5.74) is 0.188. The Labute approximate surface area is 74.8 Å². The Morgan fingerprint density at radius 1 is 1.33 bits per heavy atom.